The number of para-hydroxylation sites is 1. The molecular formula is C24H33N5O3S2. The number of fused-ring (bicyclic) bond motifs is 1. The number of aromatic nitrogens is 4. The number of hydrogen-bond donors (Lipinski definition) is 0. The SMILES string of the molecule is CCC(=O)N1CCCOC1.Cc1cnc(C)s1.Cc1nc2ccccc2s1.Cc1nnc(C)o1. The Labute approximate surface area is 209 Å². The van der Waals surface area contributed by atoms with E-state index in [0.717, 1.165) is 35.1 Å². The van der Waals surface area contributed by atoms with Crippen molar-refractivity contribution in [2.75, 3.05) is 19.9 Å². The predicted molar refractivity (Wildman–Crippen MR) is 137 cm³/mol. The number of benzene rings is 1. The largest absolute Gasteiger partial charge is 0.426 e. The molecule has 0 N–H and O–H groups in total. The van der Waals surface area contributed by atoms with Gasteiger partial charge >= 0.3 is 0 Å². The van der Waals surface area contributed by atoms with Crippen molar-refractivity contribution < 1.29 is 13.9 Å². The van der Waals surface area contributed by atoms with Gasteiger partial charge in [-0.1, -0.05) is 19.1 Å². The summed E-state index contributed by atoms with van der Waals surface area (Å²) in [7, 11) is 0. The highest BCUT2D eigenvalue weighted by molar-refractivity contribution is 7.18. The molecule has 1 amide bonds. The summed E-state index contributed by atoms with van der Waals surface area (Å²) in [5.41, 5.74) is 1.12. The van der Waals surface area contributed by atoms with Crippen LogP contribution in [-0.4, -0.2) is 50.9 Å². The monoisotopic (exact) mass is 503 g/mol. The molecule has 0 unspecified atom stereocenters. The van der Waals surface area contributed by atoms with Crippen LogP contribution in [0.3, 0.4) is 0 Å². The molecule has 4 aromatic rings. The molecule has 1 fully saturated rings. The van der Waals surface area contributed by atoms with E-state index in [4.69, 9.17) is 9.15 Å². The Bertz CT molecular complexity index is 1030. The van der Waals surface area contributed by atoms with Crippen molar-refractivity contribution in [3.05, 3.63) is 57.1 Å². The zero-order valence-electron chi connectivity index (χ0n) is 20.7. The first-order chi connectivity index (χ1) is 16.3. The second kappa shape index (κ2) is 14.5. The molecule has 1 aromatic carbocycles. The maximum absolute atomic E-state index is 11.0. The van der Waals surface area contributed by atoms with E-state index < -0.39 is 0 Å². The fourth-order valence-corrected chi connectivity index (χ4v) is 4.37. The molecule has 3 aromatic heterocycles. The van der Waals surface area contributed by atoms with E-state index in [9.17, 15) is 4.79 Å². The van der Waals surface area contributed by atoms with Crippen LogP contribution in [0.15, 0.2) is 34.9 Å². The van der Waals surface area contributed by atoms with E-state index in [1.807, 2.05) is 45.2 Å². The van der Waals surface area contributed by atoms with E-state index in [1.165, 1.54) is 9.58 Å². The Morgan fingerprint density at radius 1 is 1.03 bits per heavy atom. The van der Waals surface area contributed by atoms with Gasteiger partial charge in [0.15, 0.2) is 0 Å². The van der Waals surface area contributed by atoms with Gasteiger partial charge in [-0.05, 0) is 39.3 Å². The molecule has 184 valence electrons. The topological polar surface area (TPSA) is 94.2 Å². The number of rotatable bonds is 1. The van der Waals surface area contributed by atoms with Crippen LogP contribution < -0.4 is 0 Å². The van der Waals surface area contributed by atoms with Crippen LogP contribution in [0.4, 0.5) is 0 Å². The first-order valence-electron chi connectivity index (χ1n) is 11.1. The molecule has 4 heterocycles. The Balaban J connectivity index is 0.000000163. The number of carbonyl (C=O) groups is 1. The molecule has 10 heteroatoms. The van der Waals surface area contributed by atoms with Gasteiger partial charge in [0.05, 0.1) is 26.8 Å². The molecule has 34 heavy (non-hydrogen) atoms. The van der Waals surface area contributed by atoms with Crippen molar-refractivity contribution in [2.24, 2.45) is 0 Å². The molecule has 1 aliphatic rings. The van der Waals surface area contributed by atoms with Gasteiger partial charge in [0, 0.05) is 37.9 Å². The van der Waals surface area contributed by atoms with Gasteiger partial charge < -0.3 is 14.1 Å². The standard InChI is InChI=1S/C8H7NS.C7H13NO2.C5H7NS.C4H6N2O/c1-6-9-7-4-2-3-5-8(7)10-6;1-2-7(9)8-4-3-5-10-6-8;1-4-3-6-5(2)7-4;1-3-5-6-4(2)7-3/h2-5H,1H3;2-6H2,1H3;3H,1-2H3;1-2H3. The first-order valence-corrected chi connectivity index (χ1v) is 12.7. The normalized spacial score (nSPS) is 12.6. The summed E-state index contributed by atoms with van der Waals surface area (Å²) in [5, 5.41) is 9.49. The average Bonchev–Trinajstić information content (AvgIpc) is 3.53. The molecule has 5 rings (SSSR count). The number of carbonyl (C=O) groups excluding carboxylic acids is 1. The highest BCUT2D eigenvalue weighted by Crippen LogP contribution is 2.19. The maximum Gasteiger partial charge on any atom is 0.224 e. The smallest absolute Gasteiger partial charge is 0.224 e. The van der Waals surface area contributed by atoms with Gasteiger partial charge in [0.25, 0.3) is 0 Å². The van der Waals surface area contributed by atoms with E-state index in [2.05, 4.69) is 33.2 Å². The molecule has 1 saturated heterocycles. The van der Waals surface area contributed by atoms with Gasteiger partial charge in [0.2, 0.25) is 17.7 Å². The van der Waals surface area contributed by atoms with Crippen molar-refractivity contribution in [2.45, 2.75) is 54.4 Å². The van der Waals surface area contributed by atoms with Crippen LogP contribution in [0.1, 0.15) is 46.4 Å². The lowest BCUT2D eigenvalue weighted by Gasteiger charge is -2.26. The van der Waals surface area contributed by atoms with Gasteiger partial charge in [-0.25, -0.2) is 9.97 Å². The Morgan fingerprint density at radius 3 is 2.18 bits per heavy atom. The molecule has 8 nitrogen and oxygen atoms in total. The van der Waals surface area contributed by atoms with Crippen LogP contribution in [0.5, 0.6) is 0 Å². The zero-order valence-corrected chi connectivity index (χ0v) is 22.3. The second-order valence-electron chi connectivity index (χ2n) is 7.43. The predicted octanol–water partition coefficient (Wildman–Crippen LogP) is 5.65. The third-order valence-electron chi connectivity index (χ3n) is 4.38. The van der Waals surface area contributed by atoms with Crippen molar-refractivity contribution in [3.8, 4) is 0 Å². The summed E-state index contributed by atoms with van der Waals surface area (Å²) in [5.74, 6) is 1.44. The third kappa shape index (κ3) is 10.1. The minimum absolute atomic E-state index is 0.194. The van der Waals surface area contributed by atoms with E-state index >= 15 is 0 Å². The Morgan fingerprint density at radius 2 is 1.74 bits per heavy atom. The fraction of sp³-hybridized carbons (Fsp3) is 0.458. The molecule has 0 spiro atoms. The van der Waals surface area contributed by atoms with E-state index in [-0.39, 0.29) is 5.91 Å². The van der Waals surface area contributed by atoms with Gasteiger partial charge in [-0.3, -0.25) is 4.79 Å². The lowest BCUT2D eigenvalue weighted by atomic mass is 10.3. The molecule has 0 radical (unpaired) electrons. The summed E-state index contributed by atoms with van der Waals surface area (Å²) >= 11 is 3.47. The molecular weight excluding hydrogens is 470 g/mol. The first kappa shape index (κ1) is 27.6. The molecule has 0 saturated carbocycles. The van der Waals surface area contributed by atoms with E-state index in [0.29, 0.717) is 24.9 Å². The molecule has 0 atom stereocenters. The third-order valence-corrected chi connectivity index (χ3v) is 6.16. The van der Waals surface area contributed by atoms with E-state index in [1.54, 1.807) is 41.4 Å². The number of nitrogens with zero attached hydrogens (tertiary/aromatic N) is 5. The van der Waals surface area contributed by atoms with Crippen LogP contribution in [-0.2, 0) is 9.53 Å². The van der Waals surface area contributed by atoms with Crippen LogP contribution >= 0.6 is 22.7 Å². The zero-order chi connectivity index (χ0) is 24.9. The highest BCUT2D eigenvalue weighted by Gasteiger charge is 2.13. The number of ether oxygens (including phenoxy) is 1. The van der Waals surface area contributed by atoms with Crippen LogP contribution in [0, 0.1) is 34.6 Å². The lowest BCUT2D eigenvalue weighted by Crippen LogP contribution is -2.37. The van der Waals surface area contributed by atoms with Gasteiger partial charge in [-0.15, -0.1) is 32.9 Å². The summed E-state index contributed by atoms with van der Waals surface area (Å²) in [6.45, 7) is 13.7. The molecule has 0 bridgehead atoms. The number of aryl methyl sites for hydroxylation is 5. The summed E-state index contributed by atoms with van der Waals surface area (Å²) in [6, 6.07) is 8.19. The summed E-state index contributed by atoms with van der Waals surface area (Å²) < 4.78 is 11.2. The van der Waals surface area contributed by atoms with Crippen molar-refractivity contribution in [1.29, 1.82) is 0 Å². The van der Waals surface area contributed by atoms with Gasteiger partial charge in [0.1, 0.15) is 6.73 Å². The quantitative estimate of drug-likeness (QED) is 0.331. The van der Waals surface area contributed by atoms with Crippen molar-refractivity contribution >= 4 is 38.8 Å². The highest BCUT2D eigenvalue weighted by atomic mass is 32.1. The fourth-order valence-electron chi connectivity index (χ4n) is 2.87. The number of hydrogen-bond acceptors (Lipinski definition) is 9. The van der Waals surface area contributed by atoms with Gasteiger partial charge in [-0.2, -0.15) is 0 Å². The summed E-state index contributed by atoms with van der Waals surface area (Å²) in [6.07, 6.45) is 3.45. The number of thiazole rings is 2. The second-order valence-corrected chi connectivity index (χ2v) is 10.1. The van der Waals surface area contributed by atoms with Crippen LogP contribution in [0.25, 0.3) is 10.2 Å². The summed E-state index contributed by atoms with van der Waals surface area (Å²) in [4.78, 5) is 22.4. The lowest BCUT2D eigenvalue weighted by molar-refractivity contribution is -0.140. The van der Waals surface area contributed by atoms with Crippen molar-refractivity contribution in [3.63, 3.8) is 0 Å². The minimum Gasteiger partial charge on any atom is -0.426 e. The molecule has 1 aliphatic heterocycles. The Kier molecular flexibility index (Phi) is 11.8. The minimum atomic E-state index is 0.194. The van der Waals surface area contributed by atoms with Crippen LogP contribution in [0.2, 0.25) is 0 Å². The Hall–Kier alpha value is -2.69. The maximum atomic E-state index is 11.0. The molecule has 0 aliphatic carbocycles. The average molecular weight is 504 g/mol. The van der Waals surface area contributed by atoms with Crippen molar-refractivity contribution in [1.82, 2.24) is 25.1 Å². The number of amides is 1.